The second-order valence-corrected chi connectivity index (χ2v) is 13.2. The number of ether oxygens (including phenoxy) is 1. The van der Waals surface area contributed by atoms with Gasteiger partial charge in [0, 0.05) is 38.6 Å². The van der Waals surface area contributed by atoms with E-state index >= 15 is 0 Å². The van der Waals surface area contributed by atoms with Crippen LogP contribution in [0.4, 0.5) is 0 Å². The van der Waals surface area contributed by atoms with Crippen molar-refractivity contribution in [3.63, 3.8) is 0 Å². The number of benzene rings is 2. The molecule has 1 unspecified atom stereocenters. The number of methoxy groups -OCH3 is 1. The summed E-state index contributed by atoms with van der Waals surface area (Å²) in [4.78, 5) is 10.6. The molecule has 2 aliphatic rings. The molecule has 2 aliphatic heterocycles. The fraction of sp³-hybridized carbons (Fsp3) is 0.567. The first-order chi connectivity index (χ1) is 18.2. The van der Waals surface area contributed by atoms with E-state index in [1.165, 1.54) is 75.7 Å². The van der Waals surface area contributed by atoms with Crippen molar-refractivity contribution in [1.29, 1.82) is 0 Å². The Morgan fingerprint density at radius 2 is 1.74 bits per heavy atom. The predicted molar refractivity (Wildman–Crippen MR) is 153 cm³/mol. The largest absolute Gasteiger partial charge is 0.383 e. The zero-order chi connectivity index (χ0) is 26.9. The van der Waals surface area contributed by atoms with Crippen molar-refractivity contribution in [2.75, 3.05) is 52.7 Å². The summed E-state index contributed by atoms with van der Waals surface area (Å²) in [5.41, 5.74) is 5.71. The number of rotatable bonds is 7. The van der Waals surface area contributed by atoms with Gasteiger partial charge in [-0.25, -0.2) is 13.4 Å². The number of imidazole rings is 1. The van der Waals surface area contributed by atoms with Crippen LogP contribution in [-0.2, 0) is 21.6 Å². The molecular weight excluding hydrogens is 496 g/mol. The van der Waals surface area contributed by atoms with Gasteiger partial charge in [0.05, 0.1) is 22.5 Å². The van der Waals surface area contributed by atoms with Gasteiger partial charge in [-0.2, -0.15) is 0 Å². The molecule has 0 aliphatic carbocycles. The van der Waals surface area contributed by atoms with Crippen molar-refractivity contribution in [3.05, 3.63) is 47.5 Å². The normalized spacial score (nSPS) is 20.7. The van der Waals surface area contributed by atoms with Crippen LogP contribution < -0.4 is 0 Å². The zero-order valence-corrected chi connectivity index (χ0v) is 24.1. The Hall–Kier alpha value is -2.26. The second-order valence-electron chi connectivity index (χ2n) is 11.2. The topological polar surface area (TPSA) is 67.7 Å². The number of aromatic nitrogens is 2. The first-order valence-electron chi connectivity index (χ1n) is 14.0. The lowest BCUT2D eigenvalue weighted by atomic mass is 9.87. The van der Waals surface area contributed by atoms with Crippen LogP contribution in [0.2, 0.25) is 0 Å². The van der Waals surface area contributed by atoms with Gasteiger partial charge in [-0.1, -0.05) is 6.07 Å². The van der Waals surface area contributed by atoms with Gasteiger partial charge < -0.3 is 19.1 Å². The molecule has 0 N–H and O–H groups in total. The summed E-state index contributed by atoms with van der Waals surface area (Å²) in [5, 5.41) is 0. The monoisotopic (exact) mass is 538 g/mol. The average molecular weight is 539 g/mol. The number of fused-ring (bicyclic) bond motifs is 1. The third-order valence-corrected chi connectivity index (χ3v) is 9.79. The molecule has 3 aromatic rings. The quantitative estimate of drug-likeness (QED) is 0.437. The Morgan fingerprint density at radius 1 is 1.00 bits per heavy atom. The van der Waals surface area contributed by atoms with Crippen molar-refractivity contribution in [2.45, 2.75) is 55.9 Å². The van der Waals surface area contributed by atoms with Crippen LogP contribution in [-0.4, -0.2) is 86.5 Å². The number of piperidine rings is 1. The van der Waals surface area contributed by atoms with Gasteiger partial charge >= 0.3 is 0 Å². The van der Waals surface area contributed by atoms with Crippen LogP contribution in [0.25, 0.3) is 22.4 Å². The van der Waals surface area contributed by atoms with Gasteiger partial charge in [-0.05, 0) is 113 Å². The summed E-state index contributed by atoms with van der Waals surface area (Å²) in [6, 6.07) is 12.4. The Morgan fingerprint density at radius 3 is 2.42 bits per heavy atom. The van der Waals surface area contributed by atoms with E-state index < -0.39 is 9.84 Å². The molecule has 38 heavy (non-hydrogen) atoms. The van der Waals surface area contributed by atoms with E-state index in [9.17, 15) is 8.42 Å². The summed E-state index contributed by atoms with van der Waals surface area (Å²) in [6.07, 6.45) is 7.49. The van der Waals surface area contributed by atoms with E-state index in [-0.39, 0.29) is 0 Å². The van der Waals surface area contributed by atoms with Crippen LogP contribution in [0.5, 0.6) is 0 Å². The number of nitrogens with zero attached hydrogens (tertiary/aromatic N) is 4. The minimum Gasteiger partial charge on any atom is -0.383 e. The summed E-state index contributed by atoms with van der Waals surface area (Å²) >= 11 is 0. The first kappa shape index (κ1) is 27.3. The highest BCUT2D eigenvalue weighted by atomic mass is 32.2. The van der Waals surface area contributed by atoms with Crippen molar-refractivity contribution >= 4 is 20.9 Å². The molecule has 0 amide bonds. The number of hydrogen-bond acceptors (Lipinski definition) is 6. The number of hydrogen-bond donors (Lipinski definition) is 0. The maximum Gasteiger partial charge on any atom is 0.175 e. The molecule has 0 bridgehead atoms. The minimum absolute atomic E-state index is 0.331. The Bertz CT molecular complexity index is 1360. The van der Waals surface area contributed by atoms with Gasteiger partial charge in [0.15, 0.2) is 9.84 Å². The van der Waals surface area contributed by atoms with Crippen molar-refractivity contribution in [2.24, 2.45) is 7.05 Å². The fourth-order valence-corrected chi connectivity index (χ4v) is 7.01. The van der Waals surface area contributed by atoms with Crippen LogP contribution in [0.1, 0.15) is 49.1 Å². The van der Waals surface area contributed by atoms with Crippen LogP contribution in [0.15, 0.2) is 41.3 Å². The van der Waals surface area contributed by atoms with Gasteiger partial charge in [0.1, 0.15) is 5.82 Å². The van der Waals surface area contributed by atoms with Gasteiger partial charge in [-0.3, -0.25) is 0 Å². The van der Waals surface area contributed by atoms with Crippen LogP contribution >= 0.6 is 0 Å². The Labute approximate surface area is 227 Å². The van der Waals surface area contributed by atoms with Gasteiger partial charge in [0.25, 0.3) is 0 Å². The highest BCUT2D eigenvalue weighted by Gasteiger charge is 2.28. The smallest absolute Gasteiger partial charge is 0.175 e. The average Bonchev–Trinajstić information content (AvgIpc) is 3.08. The van der Waals surface area contributed by atoms with E-state index in [2.05, 4.69) is 40.5 Å². The summed E-state index contributed by atoms with van der Waals surface area (Å²) < 4.78 is 31.2. The molecule has 1 atom stereocenters. The van der Waals surface area contributed by atoms with E-state index in [1.54, 1.807) is 19.2 Å². The third kappa shape index (κ3) is 5.83. The summed E-state index contributed by atoms with van der Waals surface area (Å²) in [7, 11) is 0.631. The highest BCUT2D eigenvalue weighted by molar-refractivity contribution is 7.90. The Kier molecular flexibility index (Phi) is 8.24. The molecule has 5 rings (SSSR count). The standard InChI is InChI=1S/C30H42N4O3S/c1-22-20-25(23-11-16-34(17-12-23)26-6-5-14-33(15-13-26)18-19-37-3)21-28-29(22)31-30(32(28)2)24-7-9-27(10-8-24)38(4,35)36/h7-10,20-21,23,26H,5-6,11-19H2,1-4H3. The molecule has 1 aromatic heterocycles. The number of likely N-dealkylation sites (tertiary alicyclic amines) is 2. The van der Waals surface area contributed by atoms with Gasteiger partial charge in [-0.15, -0.1) is 0 Å². The van der Waals surface area contributed by atoms with E-state index in [0.717, 1.165) is 35.6 Å². The zero-order valence-electron chi connectivity index (χ0n) is 23.3. The Balaban J connectivity index is 1.28. The number of aryl methyl sites for hydroxylation is 2. The molecule has 2 saturated heterocycles. The minimum atomic E-state index is -3.22. The molecule has 2 fully saturated rings. The lowest BCUT2D eigenvalue weighted by Crippen LogP contribution is -2.41. The SMILES string of the molecule is COCCN1CCCC(N2CCC(c3cc(C)c4nc(-c5ccc(S(C)(=O)=O)cc5)n(C)c4c3)CC2)CC1. The van der Waals surface area contributed by atoms with Gasteiger partial charge in [0.2, 0.25) is 0 Å². The molecule has 0 spiro atoms. The van der Waals surface area contributed by atoms with Crippen molar-refractivity contribution in [3.8, 4) is 11.4 Å². The highest BCUT2D eigenvalue weighted by Crippen LogP contribution is 2.35. The van der Waals surface area contributed by atoms with Crippen LogP contribution in [0, 0.1) is 6.92 Å². The van der Waals surface area contributed by atoms with E-state index in [0.29, 0.717) is 16.9 Å². The van der Waals surface area contributed by atoms with E-state index in [4.69, 9.17) is 9.72 Å². The molecule has 0 saturated carbocycles. The molecule has 0 radical (unpaired) electrons. The molecule has 8 heteroatoms. The predicted octanol–water partition coefficient (Wildman–Crippen LogP) is 4.63. The lowest BCUT2D eigenvalue weighted by molar-refractivity contribution is 0.130. The lowest BCUT2D eigenvalue weighted by Gasteiger charge is -2.37. The maximum absolute atomic E-state index is 11.9. The molecule has 206 valence electrons. The molecule has 7 nitrogen and oxygen atoms in total. The fourth-order valence-electron chi connectivity index (χ4n) is 6.37. The third-order valence-electron chi connectivity index (χ3n) is 8.66. The molecule has 3 heterocycles. The molecule has 2 aromatic carbocycles. The summed E-state index contributed by atoms with van der Waals surface area (Å²) in [6.45, 7) is 8.77. The summed E-state index contributed by atoms with van der Waals surface area (Å²) in [5.74, 6) is 1.44. The van der Waals surface area contributed by atoms with Crippen molar-refractivity contribution in [1.82, 2.24) is 19.4 Å². The number of sulfone groups is 1. The van der Waals surface area contributed by atoms with Crippen LogP contribution in [0.3, 0.4) is 0 Å². The maximum atomic E-state index is 11.9. The molecular formula is C30H42N4O3S. The van der Waals surface area contributed by atoms with E-state index in [1.807, 2.05) is 12.1 Å². The van der Waals surface area contributed by atoms with Crippen molar-refractivity contribution < 1.29 is 13.2 Å². The first-order valence-corrected chi connectivity index (χ1v) is 15.9. The second kappa shape index (κ2) is 11.5.